The zero-order valence-corrected chi connectivity index (χ0v) is 12.3. The van der Waals surface area contributed by atoms with Gasteiger partial charge in [0.05, 0.1) is 6.61 Å². The van der Waals surface area contributed by atoms with E-state index in [1.54, 1.807) is 7.11 Å². The van der Waals surface area contributed by atoms with E-state index in [1.807, 2.05) is 0 Å². The summed E-state index contributed by atoms with van der Waals surface area (Å²) in [6.45, 7) is 8.48. The molecule has 2 N–H and O–H groups in total. The molecule has 2 atom stereocenters. The summed E-state index contributed by atoms with van der Waals surface area (Å²) in [5.74, 6) is 0. The van der Waals surface area contributed by atoms with Crippen molar-refractivity contribution in [3.05, 3.63) is 0 Å². The van der Waals surface area contributed by atoms with Crippen LogP contribution in [-0.2, 0) is 4.74 Å². The first-order chi connectivity index (χ1) is 7.91. The second-order valence-electron chi connectivity index (χ2n) is 6.24. The van der Waals surface area contributed by atoms with Gasteiger partial charge in [-0.1, -0.05) is 26.7 Å². The Balaban J connectivity index is 2.92. The van der Waals surface area contributed by atoms with Crippen LogP contribution >= 0.6 is 0 Å². The zero-order valence-electron chi connectivity index (χ0n) is 12.3. The van der Waals surface area contributed by atoms with Gasteiger partial charge in [0.25, 0.3) is 0 Å². The number of hydrogen-bond acceptors (Lipinski definition) is 3. The Labute approximate surface area is 107 Å². The molecule has 17 heavy (non-hydrogen) atoms. The second-order valence-corrected chi connectivity index (χ2v) is 6.24. The highest BCUT2D eigenvalue weighted by Gasteiger charge is 2.49. The molecule has 102 valence electrons. The zero-order chi connectivity index (χ0) is 13.1. The highest BCUT2D eigenvalue weighted by atomic mass is 16.5. The van der Waals surface area contributed by atoms with Gasteiger partial charge in [-0.3, -0.25) is 4.90 Å². The lowest BCUT2D eigenvalue weighted by molar-refractivity contribution is -0.0614. The molecule has 3 heteroatoms. The van der Waals surface area contributed by atoms with E-state index in [0.29, 0.717) is 6.04 Å². The van der Waals surface area contributed by atoms with Crippen molar-refractivity contribution in [2.24, 2.45) is 11.1 Å². The van der Waals surface area contributed by atoms with Gasteiger partial charge in [-0.25, -0.2) is 0 Å². The number of ether oxygens (including phenoxy) is 1. The first-order valence-electron chi connectivity index (χ1n) is 6.83. The smallest absolute Gasteiger partial charge is 0.0615 e. The van der Waals surface area contributed by atoms with Gasteiger partial charge >= 0.3 is 0 Å². The third-order valence-corrected chi connectivity index (χ3v) is 4.98. The van der Waals surface area contributed by atoms with Crippen molar-refractivity contribution in [3.8, 4) is 0 Å². The lowest BCUT2D eigenvalue weighted by Crippen LogP contribution is -2.65. The lowest BCUT2D eigenvalue weighted by Gasteiger charge is -2.56. The molecule has 0 spiro atoms. The van der Waals surface area contributed by atoms with Gasteiger partial charge in [0.15, 0.2) is 0 Å². The van der Waals surface area contributed by atoms with E-state index >= 15 is 0 Å². The molecule has 0 aromatic heterocycles. The summed E-state index contributed by atoms with van der Waals surface area (Å²) in [5.41, 5.74) is 6.58. The normalized spacial score (nSPS) is 30.5. The van der Waals surface area contributed by atoms with Crippen LogP contribution in [0.5, 0.6) is 0 Å². The Kier molecular flexibility index (Phi) is 4.99. The number of nitrogens with zero attached hydrogens (tertiary/aromatic N) is 1. The fourth-order valence-electron chi connectivity index (χ4n) is 3.51. The van der Waals surface area contributed by atoms with Crippen molar-refractivity contribution >= 4 is 0 Å². The van der Waals surface area contributed by atoms with Crippen LogP contribution in [0.3, 0.4) is 0 Å². The topological polar surface area (TPSA) is 38.5 Å². The van der Waals surface area contributed by atoms with Crippen LogP contribution in [0, 0.1) is 5.41 Å². The standard InChI is InChI=1S/C14H30N2O/c1-12(10-17-5)16(4)14(11-15)9-7-6-8-13(14,2)3/h12H,6-11,15H2,1-5H3. The van der Waals surface area contributed by atoms with Crippen molar-refractivity contribution < 1.29 is 4.74 Å². The molecule has 1 aliphatic rings. The number of likely N-dealkylation sites (N-methyl/N-ethyl adjacent to an activating group) is 1. The maximum Gasteiger partial charge on any atom is 0.0615 e. The van der Waals surface area contributed by atoms with Crippen molar-refractivity contribution in [1.82, 2.24) is 4.90 Å². The second kappa shape index (κ2) is 5.68. The quantitative estimate of drug-likeness (QED) is 0.803. The van der Waals surface area contributed by atoms with E-state index in [2.05, 4.69) is 32.7 Å². The minimum Gasteiger partial charge on any atom is -0.383 e. The summed E-state index contributed by atoms with van der Waals surface area (Å²) in [6, 6.07) is 0.418. The maximum absolute atomic E-state index is 6.17. The van der Waals surface area contributed by atoms with Crippen molar-refractivity contribution in [1.29, 1.82) is 0 Å². The Hall–Kier alpha value is -0.120. The van der Waals surface area contributed by atoms with Crippen LogP contribution < -0.4 is 5.73 Å². The van der Waals surface area contributed by atoms with E-state index < -0.39 is 0 Å². The molecule has 2 unspecified atom stereocenters. The van der Waals surface area contributed by atoms with Crippen LogP contribution in [0.1, 0.15) is 46.5 Å². The fourth-order valence-corrected chi connectivity index (χ4v) is 3.51. The number of methoxy groups -OCH3 is 1. The van der Waals surface area contributed by atoms with Gasteiger partial charge in [0.2, 0.25) is 0 Å². The summed E-state index contributed by atoms with van der Waals surface area (Å²) in [4.78, 5) is 2.47. The van der Waals surface area contributed by atoms with E-state index in [9.17, 15) is 0 Å². The molecule has 1 fully saturated rings. The van der Waals surface area contributed by atoms with Crippen LogP contribution in [0.4, 0.5) is 0 Å². The predicted octanol–water partition coefficient (Wildman–Crippen LogP) is 2.25. The predicted molar refractivity (Wildman–Crippen MR) is 73.1 cm³/mol. The maximum atomic E-state index is 6.17. The molecule has 0 radical (unpaired) electrons. The minimum absolute atomic E-state index is 0.128. The average Bonchev–Trinajstić information content (AvgIpc) is 2.28. The van der Waals surface area contributed by atoms with Crippen LogP contribution in [0.25, 0.3) is 0 Å². The molecule has 0 aromatic rings. The third kappa shape index (κ3) is 2.67. The lowest BCUT2D eigenvalue weighted by atomic mass is 9.62. The van der Waals surface area contributed by atoms with E-state index in [1.165, 1.54) is 25.7 Å². The van der Waals surface area contributed by atoms with Crippen LogP contribution in [0.2, 0.25) is 0 Å². The molecule has 1 rings (SSSR count). The molecule has 0 amide bonds. The summed E-state index contributed by atoms with van der Waals surface area (Å²) < 4.78 is 5.29. The molecule has 0 aliphatic heterocycles. The molecular formula is C14H30N2O. The van der Waals surface area contributed by atoms with Crippen molar-refractivity contribution in [2.45, 2.75) is 58.0 Å². The van der Waals surface area contributed by atoms with Crippen LogP contribution in [-0.4, -0.2) is 43.8 Å². The van der Waals surface area contributed by atoms with E-state index in [4.69, 9.17) is 10.5 Å². The molecule has 1 saturated carbocycles. The van der Waals surface area contributed by atoms with Gasteiger partial charge in [0.1, 0.15) is 0 Å². The highest BCUT2D eigenvalue weighted by Crippen LogP contribution is 2.47. The molecule has 1 aliphatic carbocycles. The molecular weight excluding hydrogens is 212 g/mol. The molecule has 0 saturated heterocycles. The van der Waals surface area contributed by atoms with E-state index in [0.717, 1.165) is 13.2 Å². The van der Waals surface area contributed by atoms with Gasteiger partial charge in [-0.05, 0) is 32.2 Å². The summed E-state index contributed by atoms with van der Waals surface area (Å²) in [5, 5.41) is 0. The Bertz CT molecular complexity index is 242. The number of nitrogens with two attached hydrogens (primary N) is 1. The number of hydrogen-bond donors (Lipinski definition) is 1. The van der Waals surface area contributed by atoms with Gasteiger partial charge < -0.3 is 10.5 Å². The molecule has 0 aromatic carbocycles. The Morgan fingerprint density at radius 3 is 2.35 bits per heavy atom. The SMILES string of the molecule is COCC(C)N(C)C1(CN)CCCCC1(C)C. The summed E-state index contributed by atoms with van der Waals surface area (Å²) in [6.07, 6.45) is 5.11. The van der Waals surface area contributed by atoms with Gasteiger partial charge in [-0.15, -0.1) is 0 Å². The van der Waals surface area contributed by atoms with Crippen molar-refractivity contribution in [3.63, 3.8) is 0 Å². The first-order valence-corrected chi connectivity index (χ1v) is 6.83. The number of rotatable bonds is 5. The Morgan fingerprint density at radius 2 is 1.88 bits per heavy atom. The minimum atomic E-state index is 0.128. The Morgan fingerprint density at radius 1 is 1.29 bits per heavy atom. The average molecular weight is 242 g/mol. The van der Waals surface area contributed by atoms with E-state index in [-0.39, 0.29) is 11.0 Å². The summed E-state index contributed by atoms with van der Waals surface area (Å²) >= 11 is 0. The monoisotopic (exact) mass is 242 g/mol. The first kappa shape index (κ1) is 14.9. The van der Waals surface area contributed by atoms with Gasteiger partial charge in [-0.2, -0.15) is 0 Å². The summed E-state index contributed by atoms with van der Waals surface area (Å²) in [7, 11) is 3.98. The molecule has 0 heterocycles. The largest absolute Gasteiger partial charge is 0.383 e. The molecule has 3 nitrogen and oxygen atoms in total. The van der Waals surface area contributed by atoms with Gasteiger partial charge in [0, 0.05) is 25.2 Å². The highest BCUT2D eigenvalue weighted by molar-refractivity contribution is 5.05. The van der Waals surface area contributed by atoms with Crippen molar-refractivity contribution in [2.75, 3.05) is 27.3 Å². The fraction of sp³-hybridized carbons (Fsp3) is 1.00. The van der Waals surface area contributed by atoms with Crippen LogP contribution in [0.15, 0.2) is 0 Å². The molecule has 0 bridgehead atoms. The third-order valence-electron chi connectivity index (χ3n) is 4.98.